The van der Waals surface area contributed by atoms with Crippen LogP contribution >= 0.6 is 0 Å². The van der Waals surface area contributed by atoms with E-state index < -0.39 is 10.0 Å². The normalized spacial score (nSPS) is 19.2. The van der Waals surface area contributed by atoms with E-state index in [1.165, 1.54) is 18.3 Å². The number of hydrogen-bond acceptors (Lipinski definition) is 7. The molecule has 1 amide bonds. The van der Waals surface area contributed by atoms with Crippen LogP contribution in [0.4, 0.5) is 11.5 Å². The maximum Gasteiger partial charge on any atom is 0.262 e. The van der Waals surface area contributed by atoms with Crippen LogP contribution in [0.1, 0.15) is 23.2 Å². The molecule has 2 aliphatic rings. The van der Waals surface area contributed by atoms with Crippen LogP contribution in [0.3, 0.4) is 0 Å². The predicted octanol–water partition coefficient (Wildman–Crippen LogP) is 1.20. The number of piperazine rings is 1. The SMILES string of the molecule is O=C(NCC1CCCO1)c1cnc(N2CCNCC2)c(NS(=O)(=O)c2ccccc2)c1. The first-order valence-corrected chi connectivity index (χ1v) is 11.9. The van der Waals surface area contributed by atoms with Crippen molar-refractivity contribution in [1.29, 1.82) is 0 Å². The van der Waals surface area contributed by atoms with Crippen molar-refractivity contribution < 1.29 is 17.9 Å². The fourth-order valence-corrected chi connectivity index (χ4v) is 4.78. The highest BCUT2D eigenvalue weighted by Gasteiger charge is 2.23. The van der Waals surface area contributed by atoms with E-state index in [4.69, 9.17) is 4.74 Å². The van der Waals surface area contributed by atoms with Crippen molar-refractivity contribution in [3.05, 3.63) is 48.2 Å². The summed E-state index contributed by atoms with van der Waals surface area (Å²) in [7, 11) is -3.83. The third kappa shape index (κ3) is 5.33. The molecule has 31 heavy (non-hydrogen) atoms. The number of sulfonamides is 1. The van der Waals surface area contributed by atoms with E-state index in [2.05, 4.69) is 20.3 Å². The van der Waals surface area contributed by atoms with Gasteiger partial charge >= 0.3 is 0 Å². The van der Waals surface area contributed by atoms with Gasteiger partial charge in [-0.05, 0) is 31.0 Å². The third-order valence-corrected chi connectivity index (χ3v) is 6.74. The highest BCUT2D eigenvalue weighted by Crippen LogP contribution is 2.27. The van der Waals surface area contributed by atoms with E-state index in [-0.39, 0.29) is 22.6 Å². The maximum atomic E-state index is 12.9. The number of amides is 1. The van der Waals surface area contributed by atoms with Crippen LogP contribution in [0, 0.1) is 0 Å². The minimum Gasteiger partial charge on any atom is -0.376 e. The van der Waals surface area contributed by atoms with Gasteiger partial charge in [-0.1, -0.05) is 18.2 Å². The predicted molar refractivity (Wildman–Crippen MR) is 118 cm³/mol. The average Bonchev–Trinajstić information content (AvgIpc) is 3.32. The Morgan fingerprint density at radius 1 is 1.23 bits per heavy atom. The summed E-state index contributed by atoms with van der Waals surface area (Å²) in [6.07, 6.45) is 3.42. The first kappa shape index (κ1) is 21.5. The molecule has 0 bridgehead atoms. The number of nitrogens with zero attached hydrogens (tertiary/aromatic N) is 2. The number of carbonyl (C=O) groups is 1. The Bertz CT molecular complexity index is 1000. The molecule has 2 aliphatic heterocycles. The molecule has 1 unspecified atom stereocenters. The fourth-order valence-electron chi connectivity index (χ4n) is 3.70. The van der Waals surface area contributed by atoms with Crippen molar-refractivity contribution in [3.8, 4) is 0 Å². The van der Waals surface area contributed by atoms with E-state index in [9.17, 15) is 13.2 Å². The Morgan fingerprint density at radius 3 is 2.71 bits per heavy atom. The van der Waals surface area contributed by atoms with Gasteiger partial charge < -0.3 is 20.3 Å². The van der Waals surface area contributed by atoms with Gasteiger partial charge in [-0.15, -0.1) is 0 Å². The van der Waals surface area contributed by atoms with Gasteiger partial charge in [0.15, 0.2) is 5.82 Å². The number of rotatable bonds is 7. The summed E-state index contributed by atoms with van der Waals surface area (Å²) in [4.78, 5) is 19.3. The summed E-state index contributed by atoms with van der Waals surface area (Å²) in [5.74, 6) is 0.201. The molecule has 166 valence electrons. The standard InChI is InChI=1S/C21H27N5O4S/c27-21(24-15-17-5-4-12-30-17)16-13-19(20(23-14-16)26-10-8-22-9-11-26)25-31(28,29)18-6-2-1-3-7-18/h1-3,6-7,13-14,17,22,25H,4-5,8-12,15H2,(H,24,27). The Hall–Kier alpha value is -2.69. The van der Waals surface area contributed by atoms with Gasteiger partial charge in [-0.2, -0.15) is 0 Å². The zero-order valence-corrected chi connectivity index (χ0v) is 18.0. The van der Waals surface area contributed by atoms with E-state index in [0.717, 1.165) is 25.9 Å². The van der Waals surface area contributed by atoms with Crippen LogP contribution in [0.15, 0.2) is 47.5 Å². The highest BCUT2D eigenvalue weighted by atomic mass is 32.2. The lowest BCUT2D eigenvalue weighted by Gasteiger charge is -2.30. The van der Waals surface area contributed by atoms with Crippen molar-refractivity contribution in [2.24, 2.45) is 0 Å². The summed E-state index contributed by atoms with van der Waals surface area (Å²) in [6, 6.07) is 9.69. The van der Waals surface area contributed by atoms with Gasteiger partial charge in [0.1, 0.15) is 0 Å². The molecule has 2 fully saturated rings. The van der Waals surface area contributed by atoms with Gasteiger partial charge in [0.25, 0.3) is 15.9 Å². The van der Waals surface area contributed by atoms with Crippen molar-refractivity contribution in [1.82, 2.24) is 15.6 Å². The van der Waals surface area contributed by atoms with Gasteiger partial charge in [0, 0.05) is 45.5 Å². The third-order valence-electron chi connectivity index (χ3n) is 5.36. The summed E-state index contributed by atoms with van der Waals surface area (Å²) >= 11 is 0. The van der Waals surface area contributed by atoms with Gasteiger partial charge in [-0.25, -0.2) is 13.4 Å². The molecule has 1 aromatic heterocycles. The zero-order valence-electron chi connectivity index (χ0n) is 17.2. The molecule has 0 aliphatic carbocycles. The van der Waals surface area contributed by atoms with E-state index in [0.29, 0.717) is 37.6 Å². The highest BCUT2D eigenvalue weighted by molar-refractivity contribution is 7.92. The summed E-state index contributed by atoms with van der Waals surface area (Å²) in [6.45, 7) is 4.07. The molecule has 0 spiro atoms. The molecule has 10 heteroatoms. The van der Waals surface area contributed by atoms with Crippen molar-refractivity contribution in [2.45, 2.75) is 23.8 Å². The van der Waals surface area contributed by atoms with Crippen LogP contribution in [-0.4, -0.2) is 64.7 Å². The lowest BCUT2D eigenvalue weighted by Crippen LogP contribution is -2.44. The number of anilines is 2. The molecular weight excluding hydrogens is 418 g/mol. The summed E-state index contributed by atoms with van der Waals surface area (Å²) in [5.41, 5.74) is 0.582. The fraction of sp³-hybridized carbons (Fsp3) is 0.429. The number of pyridine rings is 1. The second kappa shape index (κ2) is 9.63. The van der Waals surface area contributed by atoms with E-state index in [1.807, 2.05) is 4.90 Å². The summed E-state index contributed by atoms with van der Waals surface area (Å²) in [5, 5.41) is 6.12. The van der Waals surface area contributed by atoms with Crippen LogP contribution in [0.5, 0.6) is 0 Å². The minimum absolute atomic E-state index is 0.0214. The Kier molecular flexibility index (Phi) is 6.69. The number of benzene rings is 1. The second-order valence-electron chi connectivity index (χ2n) is 7.60. The number of ether oxygens (including phenoxy) is 1. The van der Waals surface area contributed by atoms with Crippen molar-refractivity contribution >= 4 is 27.4 Å². The Labute approximate surface area is 182 Å². The molecule has 4 rings (SSSR count). The first-order chi connectivity index (χ1) is 15.0. The molecule has 3 heterocycles. The zero-order chi connectivity index (χ0) is 21.7. The van der Waals surface area contributed by atoms with E-state index >= 15 is 0 Å². The Balaban J connectivity index is 1.59. The molecule has 1 aromatic carbocycles. The number of nitrogens with one attached hydrogen (secondary N) is 3. The Morgan fingerprint density at radius 2 is 2.00 bits per heavy atom. The minimum atomic E-state index is -3.83. The number of hydrogen-bond donors (Lipinski definition) is 3. The van der Waals surface area contributed by atoms with Crippen molar-refractivity contribution in [2.75, 3.05) is 49.0 Å². The molecule has 1 atom stereocenters. The van der Waals surface area contributed by atoms with Gasteiger partial charge in [0.2, 0.25) is 0 Å². The quantitative estimate of drug-likeness (QED) is 0.587. The number of carbonyl (C=O) groups excluding carboxylic acids is 1. The summed E-state index contributed by atoms with van der Waals surface area (Å²) < 4.78 is 34.0. The topological polar surface area (TPSA) is 113 Å². The smallest absolute Gasteiger partial charge is 0.262 e. The molecule has 2 saturated heterocycles. The maximum absolute atomic E-state index is 12.9. The molecule has 2 aromatic rings. The van der Waals surface area contributed by atoms with Gasteiger partial charge in [-0.3, -0.25) is 9.52 Å². The average molecular weight is 446 g/mol. The van der Waals surface area contributed by atoms with E-state index in [1.54, 1.807) is 24.3 Å². The van der Waals surface area contributed by atoms with Crippen LogP contribution in [-0.2, 0) is 14.8 Å². The van der Waals surface area contributed by atoms with Crippen LogP contribution in [0.2, 0.25) is 0 Å². The largest absolute Gasteiger partial charge is 0.376 e. The molecule has 0 saturated carbocycles. The first-order valence-electron chi connectivity index (χ1n) is 10.5. The molecule has 0 radical (unpaired) electrons. The lowest BCUT2D eigenvalue weighted by atomic mass is 10.2. The van der Waals surface area contributed by atoms with Crippen LogP contribution in [0.25, 0.3) is 0 Å². The van der Waals surface area contributed by atoms with Gasteiger partial charge in [0.05, 0.1) is 22.3 Å². The lowest BCUT2D eigenvalue weighted by molar-refractivity contribution is 0.0857. The van der Waals surface area contributed by atoms with Crippen LogP contribution < -0.4 is 20.3 Å². The van der Waals surface area contributed by atoms with Crippen molar-refractivity contribution in [3.63, 3.8) is 0 Å². The molecular formula is C21H27N5O4S. The number of aromatic nitrogens is 1. The molecule has 3 N–H and O–H groups in total. The monoisotopic (exact) mass is 445 g/mol. The molecule has 9 nitrogen and oxygen atoms in total. The second-order valence-corrected chi connectivity index (χ2v) is 9.28.